The number of hydrogen-bond donors (Lipinski definition) is 2. The molecule has 2 rings (SSSR count). The third-order valence-corrected chi connectivity index (χ3v) is 4.80. The van der Waals surface area contributed by atoms with Gasteiger partial charge in [0, 0.05) is 0 Å². The molecule has 0 spiro atoms. The highest BCUT2D eigenvalue weighted by Crippen LogP contribution is 2.28. The lowest BCUT2D eigenvalue weighted by Gasteiger charge is -2.28. The van der Waals surface area contributed by atoms with Gasteiger partial charge in [-0.2, -0.15) is 0 Å². The molecule has 0 aliphatic heterocycles. The lowest BCUT2D eigenvalue weighted by Crippen LogP contribution is -2.25. The average Bonchev–Trinajstić information content (AvgIpc) is 2.30. The molecule has 2 unspecified atom stereocenters. The first-order chi connectivity index (χ1) is 8.40. The normalized spacial score (nSPS) is 42.6. The minimum absolute atomic E-state index is 0. The Labute approximate surface area is 120 Å². The van der Waals surface area contributed by atoms with E-state index in [1.807, 2.05) is 0 Å². The molecule has 2 aliphatic carbocycles. The SMILES string of the molecule is C.C[C@H]1CCC(O)[C@@H](C)C1.C[C@H]1CC[C@@H](C)C(O)C1. The maximum absolute atomic E-state index is 9.35. The van der Waals surface area contributed by atoms with Crippen LogP contribution in [0.15, 0.2) is 0 Å². The first-order valence-electron chi connectivity index (χ1n) is 7.76. The Morgan fingerprint density at radius 3 is 1.58 bits per heavy atom. The predicted molar refractivity (Wildman–Crippen MR) is 83.1 cm³/mol. The zero-order valence-electron chi connectivity index (χ0n) is 12.6. The van der Waals surface area contributed by atoms with E-state index < -0.39 is 0 Å². The topological polar surface area (TPSA) is 40.5 Å². The third-order valence-electron chi connectivity index (χ3n) is 4.80. The molecule has 0 bridgehead atoms. The Morgan fingerprint density at radius 1 is 0.632 bits per heavy atom. The molecule has 2 saturated carbocycles. The number of rotatable bonds is 0. The van der Waals surface area contributed by atoms with Crippen LogP contribution < -0.4 is 0 Å². The first-order valence-corrected chi connectivity index (χ1v) is 7.76. The fraction of sp³-hybridized carbons (Fsp3) is 1.00. The summed E-state index contributed by atoms with van der Waals surface area (Å²) in [4.78, 5) is 0. The van der Waals surface area contributed by atoms with Crippen LogP contribution >= 0.6 is 0 Å². The monoisotopic (exact) mass is 272 g/mol. The standard InChI is InChI=1S/2C8H16O.CH4/c1-6-3-4-8(9)7(2)5-6;1-6-3-4-7(2)8(9)5-6;/h2*6-9H,3-5H2,1-2H3;1H4/t6-,7-,8?;6-,7+,8?;/m00./s1. The molecule has 0 aromatic rings. The fourth-order valence-electron chi connectivity index (χ4n) is 3.15. The van der Waals surface area contributed by atoms with E-state index in [0.29, 0.717) is 11.8 Å². The molecule has 0 amide bonds. The van der Waals surface area contributed by atoms with Crippen LogP contribution in [0.4, 0.5) is 0 Å². The van der Waals surface area contributed by atoms with Gasteiger partial charge >= 0.3 is 0 Å². The highest BCUT2D eigenvalue weighted by atomic mass is 16.3. The van der Waals surface area contributed by atoms with Gasteiger partial charge in [-0.1, -0.05) is 41.5 Å². The van der Waals surface area contributed by atoms with Gasteiger partial charge in [0.1, 0.15) is 0 Å². The van der Waals surface area contributed by atoms with Crippen molar-refractivity contribution < 1.29 is 10.2 Å². The Balaban J connectivity index is 0.000000324. The smallest absolute Gasteiger partial charge is 0.0568 e. The van der Waals surface area contributed by atoms with Crippen LogP contribution in [-0.4, -0.2) is 22.4 Å². The summed E-state index contributed by atoms with van der Waals surface area (Å²) >= 11 is 0. The van der Waals surface area contributed by atoms with Gasteiger partial charge in [-0.15, -0.1) is 0 Å². The Kier molecular flexibility index (Phi) is 8.93. The molecule has 6 atom stereocenters. The molecular formula is C17H36O2. The summed E-state index contributed by atoms with van der Waals surface area (Å²) in [6.45, 7) is 8.76. The van der Waals surface area contributed by atoms with Crippen molar-refractivity contribution in [3.05, 3.63) is 0 Å². The highest BCUT2D eigenvalue weighted by Gasteiger charge is 2.23. The molecular weight excluding hydrogens is 236 g/mol. The van der Waals surface area contributed by atoms with E-state index in [4.69, 9.17) is 0 Å². The van der Waals surface area contributed by atoms with E-state index in [1.54, 1.807) is 0 Å². The van der Waals surface area contributed by atoms with Crippen molar-refractivity contribution in [3.8, 4) is 0 Å². The summed E-state index contributed by atoms with van der Waals surface area (Å²) in [6, 6.07) is 0. The fourth-order valence-corrected chi connectivity index (χ4v) is 3.15. The van der Waals surface area contributed by atoms with Gasteiger partial charge in [-0.3, -0.25) is 0 Å². The van der Waals surface area contributed by atoms with Crippen molar-refractivity contribution in [2.75, 3.05) is 0 Å². The summed E-state index contributed by atoms with van der Waals surface area (Å²) < 4.78 is 0. The summed E-state index contributed by atoms with van der Waals surface area (Å²) in [6.07, 6.45) is 6.94. The van der Waals surface area contributed by atoms with Crippen LogP contribution in [0.25, 0.3) is 0 Å². The molecule has 2 nitrogen and oxygen atoms in total. The lowest BCUT2D eigenvalue weighted by molar-refractivity contribution is 0.0577. The molecule has 19 heavy (non-hydrogen) atoms. The Hall–Kier alpha value is -0.0800. The van der Waals surface area contributed by atoms with Gasteiger partial charge in [0.05, 0.1) is 12.2 Å². The molecule has 0 heterocycles. The van der Waals surface area contributed by atoms with Gasteiger partial charge in [0.25, 0.3) is 0 Å². The van der Waals surface area contributed by atoms with Crippen molar-refractivity contribution in [3.63, 3.8) is 0 Å². The second-order valence-electron chi connectivity index (χ2n) is 6.93. The van der Waals surface area contributed by atoms with Crippen molar-refractivity contribution >= 4 is 0 Å². The van der Waals surface area contributed by atoms with Crippen LogP contribution in [0.1, 0.15) is 73.6 Å². The molecule has 116 valence electrons. The van der Waals surface area contributed by atoms with Crippen molar-refractivity contribution in [1.29, 1.82) is 0 Å². The number of hydrogen-bond acceptors (Lipinski definition) is 2. The van der Waals surface area contributed by atoms with E-state index in [9.17, 15) is 10.2 Å². The molecule has 2 N–H and O–H groups in total. The molecule has 0 saturated heterocycles. The first kappa shape index (κ1) is 18.9. The largest absolute Gasteiger partial charge is 0.393 e. The van der Waals surface area contributed by atoms with E-state index in [2.05, 4.69) is 27.7 Å². The van der Waals surface area contributed by atoms with Gasteiger partial charge in [-0.05, 0) is 55.8 Å². The molecule has 0 aromatic carbocycles. The van der Waals surface area contributed by atoms with E-state index in [-0.39, 0.29) is 19.6 Å². The van der Waals surface area contributed by atoms with Crippen molar-refractivity contribution in [2.45, 2.75) is 85.9 Å². The quantitative estimate of drug-likeness (QED) is 0.692. The minimum Gasteiger partial charge on any atom is -0.393 e. The molecule has 2 aliphatic rings. The zero-order chi connectivity index (χ0) is 13.7. The third kappa shape index (κ3) is 6.76. The average molecular weight is 272 g/mol. The van der Waals surface area contributed by atoms with Crippen LogP contribution in [0.5, 0.6) is 0 Å². The lowest BCUT2D eigenvalue weighted by atomic mass is 9.81. The zero-order valence-corrected chi connectivity index (χ0v) is 12.6. The van der Waals surface area contributed by atoms with Crippen LogP contribution in [0.2, 0.25) is 0 Å². The summed E-state index contributed by atoms with van der Waals surface area (Å²) in [7, 11) is 0. The van der Waals surface area contributed by atoms with Gasteiger partial charge in [-0.25, -0.2) is 0 Å². The highest BCUT2D eigenvalue weighted by molar-refractivity contribution is 4.75. The summed E-state index contributed by atoms with van der Waals surface area (Å²) in [5.41, 5.74) is 0. The van der Waals surface area contributed by atoms with Gasteiger partial charge in [0.2, 0.25) is 0 Å². The maximum Gasteiger partial charge on any atom is 0.0568 e. The second kappa shape index (κ2) is 8.97. The Bertz CT molecular complexity index is 205. The van der Waals surface area contributed by atoms with E-state index in [0.717, 1.165) is 24.7 Å². The number of aliphatic hydroxyl groups excluding tert-OH is 2. The molecule has 2 fully saturated rings. The van der Waals surface area contributed by atoms with Crippen molar-refractivity contribution in [2.24, 2.45) is 23.7 Å². The Morgan fingerprint density at radius 2 is 1.16 bits per heavy atom. The van der Waals surface area contributed by atoms with Gasteiger partial charge < -0.3 is 10.2 Å². The van der Waals surface area contributed by atoms with Crippen LogP contribution in [-0.2, 0) is 0 Å². The number of aliphatic hydroxyl groups is 2. The summed E-state index contributed by atoms with van der Waals surface area (Å²) in [5.74, 6) is 2.66. The van der Waals surface area contributed by atoms with Gasteiger partial charge in [0.15, 0.2) is 0 Å². The summed E-state index contributed by atoms with van der Waals surface area (Å²) in [5, 5.41) is 18.6. The van der Waals surface area contributed by atoms with Crippen LogP contribution in [0, 0.1) is 23.7 Å². The van der Waals surface area contributed by atoms with E-state index in [1.165, 1.54) is 25.7 Å². The second-order valence-corrected chi connectivity index (χ2v) is 6.93. The minimum atomic E-state index is -0.0197. The van der Waals surface area contributed by atoms with E-state index >= 15 is 0 Å². The van der Waals surface area contributed by atoms with Crippen molar-refractivity contribution in [1.82, 2.24) is 0 Å². The van der Waals surface area contributed by atoms with Crippen LogP contribution in [0.3, 0.4) is 0 Å². The molecule has 2 heteroatoms. The molecule has 0 radical (unpaired) electrons. The maximum atomic E-state index is 9.35. The molecule has 0 aromatic heterocycles. The predicted octanol–water partition coefficient (Wildman–Crippen LogP) is 4.24.